The Balaban J connectivity index is 1.78. The molecule has 1 aliphatic rings. The molecule has 0 spiro atoms. The molecule has 0 radical (unpaired) electrons. The number of hydrogen-bond acceptors (Lipinski definition) is 5. The van der Waals surface area contributed by atoms with Crippen LogP contribution in [-0.4, -0.2) is 24.5 Å². The molecule has 3 aromatic carbocycles. The van der Waals surface area contributed by atoms with Crippen LogP contribution in [0.1, 0.15) is 42.2 Å². The minimum Gasteiger partial charge on any atom is -0.504 e. The molecule has 31 heavy (non-hydrogen) atoms. The maximum absolute atomic E-state index is 10.9. The summed E-state index contributed by atoms with van der Waals surface area (Å²) in [5.41, 5.74) is 3.63. The van der Waals surface area contributed by atoms with Crippen LogP contribution in [-0.2, 0) is 0 Å². The quantitative estimate of drug-likeness (QED) is 0.522. The van der Waals surface area contributed by atoms with Crippen LogP contribution < -0.4 is 14.8 Å². The van der Waals surface area contributed by atoms with Crippen molar-refractivity contribution < 1.29 is 14.6 Å². The zero-order chi connectivity index (χ0) is 21.8. The van der Waals surface area contributed by atoms with Crippen molar-refractivity contribution in [3.05, 3.63) is 88.4 Å². The number of phenolic OH excluding ortho intramolecular Hbond substituents is 1. The van der Waals surface area contributed by atoms with E-state index < -0.39 is 0 Å². The molecule has 2 N–H and O–H groups in total. The Morgan fingerprint density at radius 3 is 2.45 bits per heavy atom. The van der Waals surface area contributed by atoms with E-state index in [0.29, 0.717) is 23.8 Å². The lowest BCUT2D eigenvalue weighted by atomic mass is 9.93. The average Bonchev–Trinajstić information content (AvgIpc) is 2.80. The van der Waals surface area contributed by atoms with Crippen LogP contribution in [0.15, 0.2) is 71.7 Å². The summed E-state index contributed by atoms with van der Waals surface area (Å²) in [7, 11) is 1.65. The van der Waals surface area contributed by atoms with Crippen LogP contribution in [0.4, 0.5) is 0 Å². The summed E-state index contributed by atoms with van der Waals surface area (Å²) in [5, 5.41) is 15.1. The highest BCUT2D eigenvalue weighted by Crippen LogP contribution is 2.40. The number of rotatable bonds is 6. The Morgan fingerprint density at radius 2 is 1.71 bits per heavy atom. The van der Waals surface area contributed by atoms with Gasteiger partial charge < -0.3 is 14.6 Å². The maximum atomic E-state index is 10.9. The maximum Gasteiger partial charge on any atom is 0.162 e. The lowest BCUT2D eigenvalue weighted by Crippen LogP contribution is -2.33. The highest BCUT2D eigenvalue weighted by atomic mass is 35.5. The van der Waals surface area contributed by atoms with Crippen molar-refractivity contribution in [3.8, 4) is 17.2 Å². The van der Waals surface area contributed by atoms with Crippen molar-refractivity contribution in [2.75, 3.05) is 13.7 Å². The average molecular weight is 437 g/mol. The lowest BCUT2D eigenvalue weighted by Gasteiger charge is -2.31. The Labute approximate surface area is 187 Å². The van der Waals surface area contributed by atoms with Crippen molar-refractivity contribution >= 4 is 17.3 Å². The second-order valence-electron chi connectivity index (χ2n) is 7.28. The number of phenols is 1. The predicted octanol–water partition coefficient (Wildman–Crippen LogP) is 5.68. The lowest BCUT2D eigenvalue weighted by molar-refractivity contribution is 0.313. The topological polar surface area (TPSA) is 63.1 Å². The summed E-state index contributed by atoms with van der Waals surface area (Å²) in [5.74, 6) is 1.39. The smallest absolute Gasteiger partial charge is 0.162 e. The minimum atomic E-state index is -0.337. The number of benzene rings is 3. The summed E-state index contributed by atoms with van der Waals surface area (Å²) < 4.78 is 11.2. The Kier molecular flexibility index (Phi) is 6.44. The van der Waals surface area contributed by atoms with Crippen molar-refractivity contribution in [2.24, 2.45) is 4.99 Å². The normalized spacial score (nSPS) is 18.4. The molecule has 1 heterocycles. The van der Waals surface area contributed by atoms with Gasteiger partial charge in [-0.15, -0.1) is 0 Å². The molecule has 2 atom stereocenters. The fourth-order valence-corrected chi connectivity index (χ4v) is 3.99. The zero-order valence-electron chi connectivity index (χ0n) is 17.5. The molecule has 0 saturated heterocycles. The van der Waals surface area contributed by atoms with Gasteiger partial charge in [0.1, 0.15) is 11.9 Å². The van der Waals surface area contributed by atoms with Gasteiger partial charge in [-0.3, -0.25) is 10.3 Å². The van der Waals surface area contributed by atoms with Crippen molar-refractivity contribution in [1.29, 1.82) is 0 Å². The van der Waals surface area contributed by atoms with Gasteiger partial charge in [-0.2, -0.15) is 0 Å². The summed E-state index contributed by atoms with van der Waals surface area (Å²) in [6.07, 6.45) is 0.270. The summed E-state index contributed by atoms with van der Waals surface area (Å²) in [6, 6.07) is 20.9. The number of nitrogens with zero attached hydrogens (tertiary/aromatic N) is 1. The molecule has 6 heteroatoms. The van der Waals surface area contributed by atoms with E-state index in [2.05, 4.69) is 5.32 Å². The highest BCUT2D eigenvalue weighted by molar-refractivity contribution is 6.30. The first-order valence-corrected chi connectivity index (χ1v) is 10.6. The molecular formula is C25H25ClN2O3. The van der Waals surface area contributed by atoms with Crippen LogP contribution in [0, 0.1) is 0 Å². The van der Waals surface area contributed by atoms with Gasteiger partial charge in [-0.25, -0.2) is 0 Å². The van der Waals surface area contributed by atoms with E-state index in [-0.39, 0.29) is 18.0 Å². The molecule has 160 valence electrons. The van der Waals surface area contributed by atoms with Gasteiger partial charge in [0.15, 0.2) is 11.5 Å². The van der Waals surface area contributed by atoms with Crippen LogP contribution in [0.5, 0.6) is 17.2 Å². The summed E-state index contributed by atoms with van der Waals surface area (Å²) in [4.78, 5) is 4.99. The summed E-state index contributed by atoms with van der Waals surface area (Å²) >= 11 is 6.09. The Hall–Kier alpha value is -3.02. The molecule has 1 aliphatic heterocycles. The first kappa shape index (κ1) is 21.2. The number of para-hydroxylation sites is 2. The number of aliphatic imine (C=N–C) groups is 1. The third-order valence-corrected chi connectivity index (χ3v) is 5.61. The number of ether oxygens (including phenoxy) is 2. The standard InChI is InChI=1S/C25H25ClN2O3/c1-3-31-23-10-6-8-18(24(23)29)21-15-20(16-11-13-17(26)14-12-16)27-25(28-21)19-7-4-5-9-22(19)30-2/h4-14,21,25,28-29H,3,15H2,1-2H3. The van der Waals surface area contributed by atoms with Crippen molar-refractivity contribution in [3.63, 3.8) is 0 Å². The second-order valence-corrected chi connectivity index (χ2v) is 7.71. The largest absolute Gasteiger partial charge is 0.504 e. The number of halogens is 1. The van der Waals surface area contributed by atoms with Crippen LogP contribution in [0.3, 0.4) is 0 Å². The predicted molar refractivity (Wildman–Crippen MR) is 123 cm³/mol. The highest BCUT2D eigenvalue weighted by Gasteiger charge is 2.29. The van der Waals surface area contributed by atoms with Gasteiger partial charge in [0.05, 0.1) is 13.7 Å². The molecule has 4 rings (SSSR count). The van der Waals surface area contributed by atoms with Gasteiger partial charge in [0.25, 0.3) is 0 Å². The van der Waals surface area contributed by atoms with Gasteiger partial charge in [0.2, 0.25) is 0 Å². The zero-order valence-corrected chi connectivity index (χ0v) is 18.3. The Bertz CT molecular complexity index is 1080. The molecule has 0 saturated carbocycles. The van der Waals surface area contributed by atoms with Gasteiger partial charge >= 0.3 is 0 Å². The van der Waals surface area contributed by atoms with E-state index >= 15 is 0 Å². The third-order valence-electron chi connectivity index (χ3n) is 5.36. The SMILES string of the molecule is CCOc1cccc(C2CC(c3ccc(Cl)cc3)=NC(c3ccccc3OC)N2)c1O. The van der Waals surface area contributed by atoms with E-state index in [1.54, 1.807) is 13.2 Å². The molecular weight excluding hydrogens is 412 g/mol. The monoisotopic (exact) mass is 436 g/mol. The molecule has 2 unspecified atom stereocenters. The molecule has 5 nitrogen and oxygen atoms in total. The van der Waals surface area contributed by atoms with Gasteiger partial charge in [-0.05, 0) is 36.8 Å². The fraction of sp³-hybridized carbons (Fsp3) is 0.240. The molecule has 0 fully saturated rings. The first-order chi connectivity index (χ1) is 15.1. The molecule has 0 aliphatic carbocycles. The Morgan fingerprint density at radius 1 is 1.00 bits per heavy atom. The number of nitrogens with one attached hydrogen (secondary N) is 1. The van der Waals surface area contributed by atoms with E-state index in [1.165, 1.54) is 0 Å². The third kappa shape index (κ3) is 4.53. The molecule has 0 aromatic heterocycles. The van der Waals surface area contributed by atoms with Gasteiger partial charge in [-0.1, -0.05) is 54.1 Å². The van der Waals surface area contributed by atoms with Crippen LogP contribution in [0.2, 0.25) is 5.02 Å². The molecule has 0 bridgehead atoms. The first-order valence-electron chi connectivity index (χ1n) is 10.3. The van der Waals surface area contributed by atoms with Crippen molar-refractivity contribution in [2.45, 2.75) is 25.6 Å². The number of hydrogen-bond donors (Lipinski definition) is 2. The second kappa shape index (κ2) is 9.41. The number of methoxy groups -OCH3 is 1. The summed E-state index contributed by atoms with van der Waals surface area (Å²) in [6.45, 7) is 2.38. The van der Waals surface area contributed by atoms with Crippen LogP contribution >= 0.6 is 11.6 Å². The van der Waals surface area contributed by atoms with E-state index in [9.17, 15) is 5.11 Å². The van der Waals surface area contributed by atoms with Gasteiger partial charge in [0, 0.05) is 34.3 Å². The van der Waals surface area contributed by atoms with Crippen molar-refractivity contribution in [1.82, 2.24) is 5.32 Å². The van der Waals surface area contributed by atoms with E-state index in [4.69, 9.17) is 26.1 Å². The number of aromatic hydroxyl groups is 1. The minimum absolute atomic E-state index is 0.151. The molecule has 3 aromatic rings. The van der Waals surface area contributed by atoms with Crippen LogP contribution in [0.25, 0.3) is 0 Å². The fourth-order valence-electron chi connectivity index (χ4n) is 3.87. The van der Waals surface area contributed by atoms with E-state index in [0.717, 1.165) is 28.2 Å². The molecule has 0 amide bonds. The van der Waals surface area contributed by atoms with E-state index in [1.807, 2.05) is 67.6 Å².